The molecular formula is C22H28N8O4. The topological polar surface area (TPSA) is 144 Å². The number of aromatic hydroxyl groups is 1. The van der Waals surface area contributed by atoms with E-state index in [1.54, 1.807) is 21.7 Å². The molecule has 3 N–H and O–H groups in total. The number of carbonyl (C=O) groups excluding carboxylic acids is 1. The van der Waals surface area contributed by atoms with Gasteiger partial charge < -0.3 is 24.6 Å². The van der Waals surface area contributed by atoms with Crippen molar-refractivity contribution in [3.8, 4) is 5.88 Å². The highest BCUT2D eigenvalue weighted by atomic mass is 16.6. The molecule has 0 spiro atoms. The number of H-pyrrole nitrogens is 2. The Kier molecular flexibility index (Phi) is 5.29. The number of imidazole rings is 1. The smallest absolute Gasteiger partial charge is 0.410 e. The van der Waals surface area contributed by atoms with Crippen LogP contribution in [0.25, 0.3) is 11.7 Å². The van der Waals surface area contributed by atoms with E-state index in [1.807, 2.05) is 26.8 Å². The van der Waals surface area contributed by atoms with Gasteiger partial charge in [-0.15, -0.1) is 0 Å². The molecule has 1 amide bonds. The fourth-order valence-electron chi connectivity index (χ4n) is 3.79. The number of carbonyl (C=O) groups is 1. The van der Waals surface area contributed by atoms with Crippen molar-refractivity contribution in [2.45, 2.75) is 45.3 Å². The Morgan fingerprint density at radius 3 is 2.59 bits per heavy atom. The minimum absolute atomic E-state index is 0.248. The third kappa shape index (κ3) is 4.61. The van der Waals surface area contributed by atoms with Crippen LogP contribution in [0.4, 0.5) is 10.6 Å². The number of anilines is 1. The number of ether oxygens (including phenoxy) is 1. The van der Waals surface area contributed by atoms with Crippen LogP contribution in [0, 0.1) is 0 Å². The van der Waals surface area contributed by atoms with Crippen LogP contribution in [0.1, 0.15) is 39.3 Å². The molecule has 1 aliphatic carbocycles. The molecule has 12 heteroatoms. The SMILES string of the molecule is CC(C)(C)OC(=O)N1CCN(c2cc(=NC3CC3)n3ncc(=Cc4[nH]c(=O)[nH]c4O)c3n2)CC1. The Morgan fingerprint density at radius 2 is 1.97 bits per heavy atom. The van der Waals surface area contributed by atoms with E-state index in [-0.39, 0.29) is 23.7 Å². The molecule has 3 aromatic rings. The van der Waals surface area contributed by atoms with Gasteiger partial charge in [0.25, 0.3) is 0 Å². The van der Waals surface area contributed by atoms with E-state index in [4.69, 9.17) is 14.7 Å². The van der Waals surface area contributed by atoms with E-state index in [2.05, 4.69) is 20.0 Å². The van der Waals surface area contributed by atoms with Gasteiger partial charge >= 0.3 is 11.8 Å². The van der Waals surface area contributed by atoms with Gasteiger partial charge in [0.05, 0.1) is 12.2 Å². The van der Waals surface area contributed by atoms with E-state index in [0.717, 1.165) is 18.7 Å². The van der Waals surface area contributed by atoms with Gasteiger partial charge in [-0.05, 0) is 39.7 Å². The molecular weight excluding hydrogens is 440 g/mol. The second-order valence-electron chi connectivity index (χ2n) is 9.61. The van der Waals surface area contributed by atoms with Gasteiger partial charge in [0.15, 0.2) is 11.1 Å². The summed E-state index contributed by atoms with van der Waals surface area (Å²) in [6.45, 7) is 7.81. The Morgan fingerprint density at radius 1 is 1.24 bits per heavy atom. The van der Waals surface area contributed by atoms with Gasteiger partial charge in [-0.1, -0.05) is 0 Å². The summed E-state index contributed by atoms with van der Waals surface area (Å²) in [7, 11) is 0. The average Bonchev–Trinajstić information content (AvgIpc) is 3.40. The van der Waals surface area contributed by atoms with Crippen molar-refractivity contribution >= 4 is 23.6 Å². The summed E-state index contributed by atoms with van der Waals surface area (Å²) in [5, 5.41) is 15.0. The number of nitrogens with zero attached hydrogens (tertiary/aromatic N) is 6. The lowest BCUT2D eigenvalue weighted by atomic mass is 10.2. The van der Waals surface area contributed by atoms with Gasteiger partial charge in [0.1, 0.15) is 17.1 Å². The molecule has 12 nitrogen and oxygen atoms in total. The van der Waals surface area contributed by atoms with E-state index in [1.165, 1.54) is 0 Å². The number of rotatable bonds is 3. The molecule has 0 unspecified atom stereocenters. The first-order valence-corrected chi connectivity index (χ1v) is 11.3. The molecule has 2 fully saturated rings. The van der Waals surface area contributed by atoms with Crippen LogP contribution in [-0.4, -0.2) is 78.5 Å². The van der Waals surface area contributed by atoms with E-state index >= 15 is 0 Å². The molecule has 3 aromatic heterocycles. The van der Waals surface area contributed by atoms with Crippen molar-refractivity contribution in [3.05, 3.63) is 39.1 Å². The second kappa shape index (κ2) is 8.19. The third-order valence-corrected chi connectivity index (χ3v) is 5.62. The predicted octanol–water partition coefficient (Wildman–Crippen LogP) is 0.119. The number of hydrogen-bond donors (Lipinski definition) is 3. The first-order valence-electron chi connectivity index (χ1n) is 11.3. The molecule has 1 saturated carbocycles. The van der Waals surface area contributed by atoms with Gasteiger partial charge in [0, 0.05) is 37.5 Å². The van der Waals surface area contributed by atoms with Gasteiger partial charge in [0.2, 0.25) is 5.88 Å². The highest BCUT2D eigenvalue weighted by Gasteiger charge is 2.27. The quantitative estimate of drug-likeness (QED) is 0.495. The number of amides is 1. The minimum atomic E-state index is -0.535. The van der Waals surface area contributed by atoms with Crippen LogP contribution in [0.3, 0.4) is 0 Å². The van der Waals surface area contributed by atoms with E-state index in [9.17, 15) is 14.7 Å². The van der Waals surface area contributed by atoms with Crippen molar-refractivity contribution in [1.29, 1.82) is 0 Å². The van der Waals surface area contributed by atoms with Crippen molar-refractivity contribution in [1.82, 2.24) is 29.5 Å². The zero-order valence-corrected chi connectivity index (χ0v) is 19.4. The molecule has 34 heavy (non-hydrogen) atoms. The first kappa shape index (κ1) is 22.0. The summed E-state index contributed by atoms with van der Waals surface area (Å²) in [5.41, 5.74) is 0.476. The Hall–Kier alpha value is -3.83. The van der Waals surface area contributed by atoms with Crippen molar-refractivity contribution < 1.29 is 14.6 Å². The summed E-state index contributed by atoms with van der Waals surface area (Å²) < 4.78 is 7.17. The Balaban J connectivity index is 1.48. The largest absolute Gasteiger partial charge is 0.493 e. The number of aromatic nitrogens is 5. The van der Waals surface area contributed by atoms with Crippen molar-refractivity contribution in [2.24, 2.45) is 4.99 Å². The fourth-order valence-corrected chi connectivity index (χ4v) is 3.79. The average molecular weight is 469 g/mol. The molecule has 1 aliphatic heterocycles. The molecule has 0 bridgehead atoms. The number of nitrogens with one attached hydrogen (secondary N) is 2. The lowest BCUT2D eigenvalue weighted by molar-refractivity contribution is 0.0240. The maximum atomic E-state index is 12.4. The summed E-state index contributed by atoms with van der Waals surface area (Å²) in [4.78, 5) is 42.2. The molecule has 1 saturated heterocycles. The zero-order chi connectivity index (χ0) is 24.0. The first-order chi connectivity index (χ1) is 16.2. The maximum Gasteiger partial charge on any atom is 0.410 e. The molecule has 180 valence electrons. The van der Waals surface area contributed by atoms with E-state index in [0.29, 0.717) is 42.5 Å². The van der Waals surface area contributed by atoms with Crippen LogP contribution in [0.5, 0.6) is 5.88 Å². The lowest BCUT2D eigenvalue weighted by Crippen LogP contribution is -2.50. The van der Waals surface area contributed by atoms with Crippen LogP contribution < -0.4 is 21.3 Å². The standard InChI is InChI=1S/C22H28N8O4/c1-22(2,3)34-21(33)29-8-6-28(7-9-29)16-11-17(24-14-4-5-14)30-18(26-16)13(12-23-30)10-15-19(31)27-20(32)25-15/h10-12,14,31H,4-9H2,1-3H3,(H2,25,27,32). The minimum Gasteiger partial charge on any atom is -0.493 e. The number of fused-ring (bicyclic) bond motifs is 1. The van der Waals surface area contributed by atoms with Gasteiger partial charge in [-0.2, -0.15) is 9.61 Å². The molecule has 0 radical (unpaired) electrons. The normalized spacial score (nSPS) is 18.2. The van der Waals surface area contributed by atoms with E-state index < -0.39 is 11.3 Å². The number of hydrogen-bond acceptors (Lipinski definition) is 8. The highest BCUT2D eigenvalue weighted by Crippen LogP contribution is 2.23. The highest BCUT2D eigenvalue weighted by molar-refractivity contribution is 5.68. The zero-order valence-electron chi connectivity index (χ0n) is 19.4. The monoisotopic (exact) mass is 468 g/mol. The predicted molar refractivity (Wildman–Crippen MR) is 123 cm³/mol. The molecule has 0 atom stereocenters. The van der Waals surface area contributed by atoms with Crippen LogP contribution in [0.15, 0.2) is 22.1 Å². The fraction of sp³-hybridized carbons (Fsp3) is 0.500. The van der Waals surface area contributed by atoms with Crippen LogP contribution in [-0.2, 0) is 4.74 Å². The summed E-state index contributed by atoms with van der Waals surface area (Å²) >= 11 is 0. The number of piperazine rings is 1. The Bertz CT molecular complexity index is 1400. The maximum absolute atomic E-state index is 12.4. The Labute approximate surface area is 194 Å². The number of aromatic amines is 2. The van der Waals surface area contributed by atoms with Crippen molar-refractivity contribution in [2.75, 3.05) is 31.1 Å². The summed E-state index contributed by atoms with van der Waals surface area (Å²) in [5.74, 6) is 0.485. The van der Waals surface area contributed by atoms with Crippen LogP contribution >= 0.6 is 0 Å². The van der Waals surface area contributed by atoms with Gasteiger partial charge in [-0.25, -0.2) is 14.6 Å². The van der Waals surface area contributed by atoms with Crippen molar-refractivity contribution in [3.63, 3.8) is 0 Å². The molecule has 5 rings (SSSR count). The summed E-state index contributed by atoms with van der Waals surface area (Å²) in [6.07, 6.45) is 5.03. The molecule has 0 aromatic carbocycles. The third-order valence-electron chi connectivity index (χ3n) is 5.62. The summed E-state index contributed by atoms with van der Waals surface area (Å²) in [6, 6.07) is 2.20. The lowest BCUT2D eigenvalue weighted by Gasteiger charge is -2.36. The molecule has 2 aliphatic rings. The van der Waals surface area contributed by atoms with Gasteiger partial charge in [-0.3, -0.25) is 9.98 Å². The molecule has 4 heterocycles. The van der Waals surface area contributed by atoms with Crippen LogP contribution in [0.2, 0.25) is 0 Å². The second-order valence-corrected chi connectivity index (χ2v) is 9.61.